The number of ether oxygens (including phenoxy) is 1. The summed E-state index contributed by atoms with van der Waals surface area (Å²) in [5, 5.41) is 13.8. The summed E-state index contributed by atoms with van der Waals surface area (Å²) in [6.45, 7) is 3.80. The van der Waals surface area contributed by atoms with Gasteiger partial charge < -0.3 is 20.3 Å². The average molecular weight is 346 g/mol. The first kappa shape index (κ1) is 17.0. The van der Waals surface area contributed by atoms with Gasteiger partial charge in [-0.15, -0.1) is 5.10 Å². The van der Waals surface area contributed by atoms with E-state index in [0.717, 1.165) is 25.0 Å². The second-order valence-corrected chi connectivity index (χ2v) is 5.44. The van der Waals surface area contributed by atoms with E-state index in [1.165, 1.54) is 12.3 Å². The lowest BCUT2D eigenvalue weighted by Gasteiger charge is -2.28. The molecule has 3 rings (SSSR count). The van der Waals surface area contributed by atoms with E-state index in [1.54, 1.807) is 6.20 Å². The summed E-state index contributed by atoms with van der Waals surface area (Å²) in [5.41, 5.74) is 0.952. The van der Waals surface area contributed by atoms with Crippen LogP contribution >= 0.6 is 0 Å². The van der Waals surface area contributed by atoms with Gasteiger partial charge in [0, 0.05) is 38.4 Å². The van der Waals surface area contributed by atoms with Crippen molar-refractivity contribution in [2.45, 2.75) is 0 Å². The van der Waals surface area contributed by atoms with Gasteiger partial charge in [0.25, 0.3) is 5.91 Å². The van der Waals surface area contributed by atoms with Crippen molar-refractivity contribution in [3.63, 3.8) is 0 Å². The number of aromatic nitrogens is 3. The zero-order valence-corrected chi connectivity index (χ0v) is 13.6. The molecule has 0 bridgehead atoms. The molecule has 0 aromatic carbocycles. The second-order valence-electron chi connectivity index (χ2n) is 5.44. The molecule has 1 amide bonds. The Bertz CT molecular complexity index is 723. The van der Waals surface area contributed by atoms with E-state index in [1.807, 2.05) is 6.07 Å². The molecule has 8 nitrogen and oxygen atoms in total. The fourth-order valence-electron chi connectivity index (χ4n) is 2.46. The Labute approximate surface area is 144 Å². The minimum Gasteiger partial charge on any atom is -0.378 e. The maximum absolute atomic E-state index is 13.5. The Morgan fingerprint density at radius 2 is 2.12 bits per heavy atom. The summed E-state index contributed by atoms with van der Waals surface area (Å²) >= 11 is 0. The molecule has 9 heteroatoms. The van der Waals surface area contributed by atoms with E-state index in [0.29, 0.717) is 32.1 Å². The number of pyridine rings is 1. The van der Waals surface area contributed by atoms with Crippen LogP contribution in [-0.4, -0.2) is 60.5 Å². The van der Waals surface area contributed by atoms with Crippen LogP contribution in [0.15, 0.2) is 30.7 Å². The third-order valence-corrected chi connectivity index (χ3v) is 3.75. The van der Waals surface area contributed by atoms with Gasteiger partial charge >= 0.3 is 0 Å². The molecule has 0 aliphatic carbocycles. The van der Waals surface area contributed by atoms with E-state index >= 15 is 0 Å². The summed E-state index contributed by atoms with van der Waals surface area (Å²) < 4.78 is 18.8. The molecule has 2 aromatic heterocycles. The highest BCUT2D eigenvalue weighted by Crippen LogP contribution is 2.16. The monoisotopic (exact) mass is 346 g/mol. The summed E-state index contributed by atoms with van der Waals surface area (Å²) in [7, 11) is 0. The van der Waals surface area contributed by atoms with Crippen molar-refractivity contribution >= 4 is 17.4 Å². The average Bonchev–Trinajstić information content (AvgIpc) is 2.66. The molecule has 2 N–H and O–H groups in total. The Hall–Kier alpha value is -2.81. The van der Waals surface area contributed by atoms with Crippen LogP contribution in [0.25, 0.3) is 0 Å². The van der Waals surface area contributed by atoms with Crippen molar-refractivity contribution in [3.05, 3.63) is 42.1 Å². The predicted molar refractivity (Wildman–Crippen MR) is 90.1 cm³/mol. The molecule has 1 saturated heterocycles. The predicted octanol–water partition coefficient (Wildman–Crippen LogP) is 0.689. The fourth-order valence-corrected chi connectivity index (χ4v) is 2.46. The SMILES string of the molecule is O=C(NCCNc1cc(N2CCOCC2)cnn1)c1ccncc1F. The van der Waals surface area contributed by atoms with Crippen molar-refractivity contribution in [1.29, 1.82) is 0 Å². The van der Waals surface area contributed by atoms with Gasteiger partial charge in [0.15, 0.2) is 11.6 Å². The lowest BCUT2D eigenvalue weighted by Crippen LogP contribution is -2.36. The fraction of sp³-hybridized carbons (Fsp3) is 0.375. The summed E-state index contributed by atoms with van der Waals surface area (Å²) in [6, 6.07) is 3.25. The van der Waals surface area contributed by atoms with Gasteiger partial charge in [-0.3, -0.25) is 9.78 Å². The lowest BCUT2D eigenvalue weighted by atomic mass is 10.2. The van der Waals surface area contributed by atoms with Crippen LogP contribution in [0.1, 0.15) is 10.4 Å². The highest BCUT2D eigenvalue weighted by Gasteiger charge is 2.13. The molecule has 25 heavy (non-hydrogen) atoms. The largest absolute Gasteiger partial charge is 0.378 e. The van der Waals surface area contributed by atoms with E-state index in [9.17, 15) is 9.18 Å². The zero-order valence-electron chi connectivity index (χ0n) is 13.6. The first-order valence-corrected chi connectivity index (χ1v) is 8.01. The number of carbonyl (C=O) groups excluding carboxylic acids is 1. The van der Waals surface area contributed by atoms with E-state index in [-0.39, 0.29) is 5.56 Å². The number of hydrogen-bond acceptors (Lipinski definition) is 7. The lowest BCUT2D eigenvalue weighted by molar-refractivity contribution is 0.0951. The van der Waals surface area contributed by atoms with E-state index < -0.39 is 11.7 Å². The van der Waals surface area contributed by atoms with Crippen LogP contribution in [-0.2, 0) is 4.74 Å². The molecule has 0 spiro atoms. The van der Waals surface area contributed by atoms with Crippen molar-refractivity contribution < 1.29 is 13.9 Å². The van der Waals surface area contributed by atoms with Crippen molar-refractivity contribution in [2.24, 2.45) is 0 Å². The minimum atomic E-state index is -0.642. The molecule has 1 aliphatic rings. The molecule has 0 radical (unpaired) electrons. The number of anilines is 2. The Morgan fingerprint density at radius 1 is 1.28 bits per heavy atom. The first-order valence-electron chi connectivity index (χ1n) is 8.01. The number of rotatable bonds is 6. The van der Waals surface area contributed by atoms with Crippen LogP contribution in [0.4, 0.5) is 15.9 Å². The zero-order chi connectivity index (χ0) is 17.5. The van der Waals surface area contributed by atoms with Crippen LogP contribution in [0.2, 0.25) is 0 Å². The minimum absolute atomic E-state index is 0.0240. The van der Waals surface area contributed by atoms with Crippen molar-refractivity contribution in [1.82, 2.24) is 20.5 Å². The van der Waals surface area contributed by atoms with Gasteiger partial charge in [-0.1, -0.05) is 0 Å². The van der Waals surface area contributed by atoms with Gasteiger partial charge in [-0.05, 0) is 6.07 Å². The van der Waals surface area contributed by atoms with Crippen LogP contribution in [0.3, 0.4) is 0 Å². The van der Waals surface area contributed by atoms with Gasteiger partial charge in [0.2, 0.25) is 0 Å². The molecular weight excluding hydrogens is 327 g/mol. The summed E-state index contributed by atoms with van der Waals surface area (Å²) in [4.78, 5) is 17.7. The Morgan fingerprint density at radius 3 is 2.92 bits per heavy atom. The number of morpholine rings is 1. The van der Waals surface area contributed by atoms with Gasteiger partial charge in [-0.2, -0.15) is 5.10 Å². The molecule has 0 atom stereocenters. The van der Waals surface area contributed by atoms with Gasteiger partial charge in [0.05, 0.1) is 36.9 Å². The Kier molecular flexibility index (Phi) is 5.68. The number of nitrogens with zero attached hydrogens (tertiary/aromatic N) is 4. The molecule has 1 fully saturated rings. The topological polar surface area (TPSA) is 92.3 Å². The van der Waals surface area contributed by atoms with Crippen molar-refractivity contribution in [2.75, 3.05) is 49.6 Å². The Balaban J connectivity index is 1.47. The maximum Gasteiger partial charge on any atom is 0.254 e. The number of carbonyl (C=O) groups is 1. The third-order valence-electron chi connectivity index (χ3n) is 3.75. The van der Waals surface area contributed by atoms with Crippen LogP contribution < -0.4 is 15.5 Å². The summed E-state index contributed by atoms with van der Waals surface area (Å²) in [5.74, 6) is -0.500. The normalized spacial score (nSPS) is 14.2. The van der Waals surface area contributed by atoms with E-state index in [2.05, 4.69) is 30.7 Å². The van der Waals surface area contributed by atoms with Gasteiger partial charge in [0.1, 0.15) is 0 Å². The molecule has 0 saturated carbocycles. The number of amides is 1. The van der Waals surface area contributed by atoms with Gasteiger partial charge in [-0.25, -0.2) is 4.39 Å². The number of hydrogen-bond donors (Lipinski definition) is 2. The molecule has 3 heterocycles. The quantitative estimate of drug-likeness (QED) is 0.744. The number of nitrogens with one attached hydrogen (secondary N) is 2. The van der Waals surface area contributed by atoms with E-state index in [4.69, 9.17) is 4.74 Å². The molecule has 0 unspecified atom stereocenters. The number of halogens is 1. The molecule has 132 valence electrons. The van der Waals surface area contributed by atoms with Crippen LogP contribution in [0, 0.1) is 5.82 Å². The third kappa shape index (κ3) is 4.60. The first-order chi connectivity index (χ1) is 12.2. The maximum atomic E-state index is 13.5. The standard InChI is InChI=1S/C16H19FN6O2/c17-14-11-18-2-1-13(14)16(24)20-4-3-19-15-9-12(10-21-22-15)23-5-7-25-8-6-23/h1-2,9-11H,3-8H2,(H,19,22)(H,20,24). The second kappa shape index (κ2) is 8.34. The molecule has 1 aliphatic heterocycles. The highest BCUT2D eigenvalue weighted by atomic mass is 19.1. The molecular formula is C16H19FN6O2. The van der Waals surface area contributed by atoms with Crippen LogP contribution in [0.5, 0.6) is 0 Å². The highest BCUT2D eigenvalue weighted by molar-refractivity contribution is 5.94. The molecule has 2 aromatic rings. The smallest absolute Gasteiger partial charge is 0.254 e. The van der Waals surface area contributed by atoms with Crippen molar-refractivity contribution in [3.8, 4) is 0 Å². The summed E-state index contributed by atoms with van der Waals surface area (Å²) in [6.07, 6.45) is 4.10.